The molecule has 0 aliphatic carbocycles. The molecule has 3 aromatic rings. The van der Waals surface area contributed by atoms with Gasteiger partial charge in [0.05, 0.1) is 80.5 Å². The normalized spacial score (nSPS) is 18.5. The molecular formula is C40H36Cl3N2O11S3-. The van der Waals surface area contributed by atoms with Crippen LogP contribution in [0.5, 0.6) is 11.5 Å². The van der Waals surface area contributed by atoms with E-state index in [4.69, 9.17) is 39.5 Å². The second-order valence-electron chi connectivity index (χ2n) is 16.3. The molecule has 8 rings (SSSR count). The van der Waals surface area contributed by atoms with Gasteiger partial charge in [0.2, 0.25) is 5.36 Å². The first-order valence-electron chi connectivity index (χ1n) is 18.5. The summed E-state index contributed by atoms with van der Waals surface area (Å²) >= 11 is 21.4. The highest BCUT2D eigenvalue weighted by Gasteiger charge is 2.44. The predicted molar refractivity (Wildman–Crippen MR) is 224 cm³/mol. The number of ether oxygens (including phenoxy) is 1. The predicted octanol–water partition coefficient (Wildman–Crippen LogP) is 5.51. The van der Waals surface area contributed by atoms with Crippen LogP contribution in [0.15, 0.2) is 29.2 Å². The molecule has 0 spiro atoms. The number of carboxylic acid groups (broad SMARTS) is 2. The molecule has 0 unspecified atom stereocenters. The summed E-state index contributed by atoms with van der Waals surface area (Å²) < 4.78 is 83.8. The first-order valence-corrected chi connectivity index (χ1v) is 23.8. The number of aliphatic carboxylic acids is 1. The van der Waals surface area contributed by atoms with E-state index in [9.17, 15) is 45.7 Å². The molecule has 19 heteroatoms. The highest BCUT2D eigenvalue weighted by molar-refractivity contribution is 8.00. The van der Waals surface area contributed by atoms with Crippen molar-refractivity contribution in [2.24, 2.45) is 0 Å². The first kappa shape index (κ1) is 42.1. The van der Waals surface area contributed by atoms with Crippen molar-refractivity contribution < 1.29 is 50.5 Å². The van der Waals surface area contributed by atoms with E-state index in [0.717, 1.165) is 11.8 Å². The van der Waals surface area contributed by atoms with Gasteiger partial charge in [-0.15, -0.1) is 11.8 Å². The van der Waals surface area contributed by atoms with E-state index in [2.05, 4.69) is 9.48 Å². The maximum atomic E-state index is 13.4. The van der Waals surface area contributed by atoms with Crippen LogP contribution in [-0.2, 0) is 37.9 Å². The van der Waals surface area contributed by atoms with Crippen LogP contribution in [0.4, 0.5) is 5.69 Å². The van der Waals surface area contributed by atoms with Gasteiger partial charge in [-0.1, -0.05) is 40.9 Å². The lowest BCUT2D eigenvalue weighted by Crippen LogP contribution is -2.53. The molecule has 5 aliphatic heterocycles. The molecule has 59 heavy (non-hydrogen) atoms. The van der Waals surface area contributed by atoms with Crippen molar-refractivity contribution in [3.63, 3.8) is 0 Å². The van der Waals surface area contributed by atoms with Gasteiger partial charge in [0.15, 0.2) is 5.54 Å². The molecule has 5 aliphatic rings. The molecule has 312 valence electrons. The first-order chi connectivity index (χ1) is 27.4. The van der Waals surface area contributed by atoms with Crippen LogP contribution in [0.1, 0.15) is 84.3 Å². The third-order valence-electron chi connectivity index (χ3n) is 11.5. The fourth-order valence-corrected chi connectivity index (χ4v) is 12.6. The Morgan fingerprint density at radius 1 is 0.864 bits per heavy atom. The van der Waals surface area contributed by atoms with Crippen LogP contribution in [0.25, 0.3) is 16.7 Å². The Labute approximate surface area is 359 Å². The van der Waals surface area contributed by atoms with Gasteiger partial charge in [0, 0.05) is 64.8 Å². The number of fused-ring (bicyclic) bond motifs is 4. The van der Waals surface area contributed by atoms with Crippen LogP contribution in [0.2, 0.25) is 15.1 Å². The van der Waals surface area contributed by atoms with E-state index in [1.165, 1.54) is 0 Å². The Hall–Kier alpha value is -3.61. The summed E-state index contributed by atoms with van der Waals surface area (Å²) in [4.78, 5) is 27.3. The van der Waals surface area contributed by atoms with E-state index in [1.807, 2.05) is 27.7 Å². The summed E-state index contributed by atoms with van der Waals surface area (Å²) in [5, 5.41) is 20.5. The van der Waals surface area contributed by atoms with Gasteiger partial charge in [-0.25, -0.2) is 26.2 Å². The molecule has 0 aromatic heterocycles. The average Bonchev–Trinajstić information content (AvgIpc) is 3.11. The zero-order valence-electron chi connectivity index (χ0n) is 32.0. The molecule has 0 saturated heterocycles. The highest BCUT2D eigenvalue weighted by Crippen LogP contribution is 2.55. The third kappa shape index (κ3) is 7.06. The molecule has 0 bridgehead atoms. The van der Waals surface area contributed by atoms with Crippen molar-refractivity contribution in [1.29, 1.82) is 0 Å². The Morgan fingerprint density at radius 2 is 1.51 bits per heavy atom. The number of thioether (sulfide) groups is 1. The summed E-state index contributed by atoms with van der Waals surface area (Å²) in [6.07, 6.45) is 5.68. The van der Waals surface area contributed by atoms with E-state index in [-0.39, 0.29) is 48.0 Å². The van der Waals surface area contributed by atoms with Crippen LogP contribution in [-0.4, -0.2) is 89.5 Å². The number of rotatable bonds is 9. The molecule has 0 saturated carbocycles. The number of nitrogens with zero attached hydrogens (tertiary/aromatic N) is 2. The average molecular weight is 923 g/mol. The number of benzene rings is 3. The second-order valence-corrected chi connectivity index (χ2v) is 21.2. The molecule has 5 heterocycles. The van der Waals surface area contributed by atoms with Gasteiger partial charge >= 0.3 is 11.9 Å². The summed E-state index contributed by atoms with van der Waals surface area (Å²) in [6, 6.07) is 3.29. The van der Waals surface area contributed by atoms with E-state index < -0.39 is 71.1 Å². The standard InChI is InChI=1S/C40H37Cl3N2O11S3/c1-39(2)13-18(16-58(50,51)52)22-11-24-27(28-29(38(48)49)30(41)32(43)37(31(28)42)57-15-26(46)47)25-12-23-19(17-59(53,54)55)14-40(3,4)45-10-6-8-21(34(23)45)36(25)56-35(24)20-7-5-9-44(39)33(20)22/h11-14H,5-10,15-17H2,1-4H3,(H3-,46,47,48,49,50,51,52,53,54,55)/p-1. The van der Waals surface area contributed by atoms with E-state index in [0.29, 0.717) is 83.6 Å². The van der Waals surface area contributed by atoms with Gasteiger partial charge in [-0.05, 0) is 62.5 Å². The van der Waals surface area contributed by atoms with Crippen molar-refractivity contribution in [2.75, 3.05) is 35.2 Å². The zero-order chi connectivity index (χ0) is 42.9. The van der Waals surface area contributed by atoms with Crippen molar-refractivity contribution in [3.8, 4) is 11.5 Å². The molecule has 13 nitrogen and oxygen atoms in total. The smallest absolute Gasteiger partial charge is 0.337 e. The van der Waals surface area contributed by atoms with Gasteiger partial charge < -0.3 is 29.0 Å². The highest BCUT2D eigenvalue weighted by atomic mass is 35.5. The molecule has 3 aromatic carbocycles. The van der Waals surface area contributed by atoms with Gasteiger partial charge in [0.1, 0.15) is 18.0 Å². The van der Waals surface area contributed by atoms with Crippen LogP contribution < -0.4 is 24.8 Å². The number of aromatic carboxylic acids is 1. The molecule has 2 N–H and O–H groups in total. The Balaban J connectivity index is 1.61. The summed E-state index contributed by atoms with van der Waals surface area (Å²) in [5.74, 6) is -4.28. The second kappa shape index (κ2) is 14.2. The van der Waals surface area contributed by atoms with Crippen LogP contribution >= 0.6 is 46.6 Å². The molecule has 0 radical (unpaired) electrons. The largest absolute Gasteiger partial charge is 0.748 e. The number of hydrogen-bond donors (Lipinski definition) is 2. The number of carbonyl (C=O) groups is 2. The quantitative estimate of drug-likeness (QED) is 0.0922. The van der Waals surface area contributed by atoms with Crippen molar-refractivity contribution >= 4 is 101 Å². The minimum atomic E-state index is -4.82. The fraction of sp³-hybridized carbons (Fsp3) is 0.375. The maximum Gasteiger partial charge on any atom is 0.337 e. The Morgan fingerprint density at radius 3 is 2.14 bits per heavy atom. The minimum absolute atomic E-state index is 0.0154. The van der Waals surface area contributed by atoms with Crippen molar-refractivity contribution in [2.45, 2.75) is 69.4 Å². The third-order valence-corrected chi connectivity index (χ3v) is 15.4. The van der Waals surface area contributed by atoms with Crippen LogP contribution in [0.3, 0.4) is 0 Å². The Bertz CT molecular complexity index is 2920. The number of halogens is 3. The number of hydrogen-bond acceptors (Lipinski definition) is 11. The number of anilines is 1. The summed E-state index contributed by atoms with van der Waals surface area (Å²) in [7, 11) is -9.63. The van der Waals surface area contributed by atoms with Gasteiger partial charge in [0.25, 0.3) is 0 Å². The van der Waals surface area contributed by atoms with Crippen LogP contribution in [0, 0.1) is 0 Å². The fourth-order valence-electron chi connectivity index (χ4n) is 9.44. The summed E-state index contributed by atoms with van der Waals surface area (Å²) in [6.45, 7) is 8.86. The molecular weight excluding hydrogens is 887 g/mol. The van der Waals surface area contributed by atoms with E-state index >= 15 is 0 Å². The number of carboxylic acids is 2. The molecule has 0 fully saturated rings. The lowest BCUT2D eigenvalue weighted by atomic mass is 9.78. The minimum Gasteiger partial charge on any atom is -0.748 e. The SMILES string of the molecule is CC1(C)C=C(CS(=O)(=O)[O-])c2cc3c(c4c2N1CCC4)Oc1c2c4c(cc1=C3c1c(Cl)c(SCC(=O)O)c(Cl)c(Cl)c1C(=O)O)C(CS(=O)(=O)[O-])=CC(C)(C)[N+]=4CCC2. The Kier molecular flexibility index (Phi) is 10.2. The summed E-state index contributed by atoms with van der Waals surface area (Å²) in [5.41, 5.74) is 1.58. The van der Waals surface area contributed by atoms with Gasteiger partial charge in [-0.2, -0.15) is 0 Å². The lowest BCUT2D eigenvalue weighted by Gasteiger charge is -2.48. The topological polar surface area (TPSA) is 204 Å². The zero-order valence-corrected chi connectivity index (χ0v) is 36.7. The van der Waals surface area contributed by atoms with E-state index in [1.54, 1.807) is 24.3 Å². The van der Waals surface area contributed by atoms with Gasteiger partial charge in [-0.3, -0.25) is 4.79 Å². The van der Waals surface area contributed by atoms with Crippen molar-refractivity contribution in [1.82, 2.24) is 4.58 Å². The molecule has 0 atom stereocenters. The maximum absolute atomic E-state index is 13.4. The monoisotopic (exact) mass is 921 g/mol. The lowest BCUT2D eigenvalue weighted by molar-refractivity contribution is -0.133. The van der Waals surface area contributed by atoms with Crippen molar-refractivity contribution in [3.05, 3.63) is 88.9 Å². The molecule has 0 amide bonds.